The summed E-state index contributed by atoms with van der Waals surface area (Å²) >= 11 is 0. The molecule has 0 spiro atoms. The number of benzene rings is 1. The van der Waals surface area contributed by atoms with E-state index in [0.717, 1.165) is 36.9 Å². The second kappa shape index (κ2) is 7.59. The van der Waals surface area contributed by atoms with E-state index in [-0.39, 0.29) is 17.9 Å². The van der Waals surface area contributed by atoms with Gasteiger partial charge in [0, 0.05) is 18.8 Å². The van der Waals surface area contributed by atoms with Gasteiger partial charge in [-0.2, -0.15) is 0 Å². The van der Waals surface area contributed by atoms with Crippen molar-refractivity contribution < 1.29 is 9.59 Å². The van der Waals surface area contributed by atoms with Crippen molar-refractivity contribution in [2.75, 3.05) is 0 Å². The first kappa shape index (κ1) is 17.8. The average molecular weight is 365 g/mol. The van der Waals surface area contributed by atoms with Crippen LogP contribution in [0.25, 0.3) is 0 Å². The molecule has 2 aliphatic rings. The molecule has 27 heavy (non-hydrogen) atoms. The zero-order chi connectivity index (χ0) is 18.8. The molecule has 1 saturated carbocycles. The van der Waals surface area contributed by atoms with Gasteiger partial charge in [-0.15, -0.1) is 0 Å². The van der Waals surface area contributed by atoms with Crippen LogP contribution in [0.3, 0.4) is 0 Å². The van der Waals surface area contributed by atoms with Crippen molar-refractivity contribution >= 4 is 11.8 Å². The SMILES string of the molecule is Cc1ccc(CN2C(=O)Cn3cccc3[C@@H]2C(=O)NC2CCCCC2)cc1. The highest BCUT2D eigenvalue weighted by atomic mass is 16.2. The van der Waals surface area contributed by atoms with E-state index in [1.54, 1.807) is 4.90 Å². The summed E-state index contributed by atoms with van der Waals surface area (Å²) in [5.41, 5.74) is 3.13. The number of nitrogens with zero attached hydrogens (tertiary/aromatic N) is 2. The van der Waals surface area contributed by atoms with Gasteiger partial charge in [-0.05, 0) is 37.5 Å². The number of aryl methyl sites for hydroxylation is 1. The van der Waals surface area contributed by atoms with Crippen molar-refractivity contribution in [2.45, 2.75) is 64.2 Å². The van der Waals surface area contributed by atoms with Crippen LogP contribution >= 0.6 is 0 Å². The van der Waals surface area contributed by atoms with E-state index >= 15 is 0 Å². The molecule has 0 saturated heterocycles. The van der Waals surface area contributed by atoms with Crippen LogP contribution in [0.2, 0.25) is 0 Å². The maximum absolute atomic E-state index is 13.2. The highest BCUT2D eigenvalue weighted by Crippen LogP contribution is 2.29. The van der Waals surface area contributed by atoms with Crippen LogP contribution < -0.4 is 5.32 Å². The van der Waals surface area contributed by atoms with Crippen LogP contribution in [0.4, 0.5) is 0 Å². The number of nitrogens with one attached hydrogen (secondary N) is 1. The Bertz CT molecular complexity index is 818. The van der Waals surface area contributed by atoms with Crippen LogP contribution in [0, 0.1) is 6.92 Å². The second-order valence-corrected chi connectivity index (χ2v) is 7.81. The van der Waals surface area contributed by atoms with Gasteiger partial charge in [0.15, 0.2) is 6.04 Å². The smallest absolute Gasteiger partial charge is 0.249 e. The Morgan fingerprint density at radius 3 is 2.59 bits per heavy atom. The summed E-state index contributed by atoms with van der Waals surface area (Å²) in [6.45, 7) is 2.79. The minimum atomic E-state index is -0.565. The summed E-state index contributed by atoms with van der Waals surface area (Å²) in [5.74, 6) is -0.0647. The number of fused-ring (bicyclic) bond motifs is 1. The van der Waals surface area contributed by atoms with Gasteiger partial charge in [-0.3, -0.25) is 9.59 Å². The van der Waals surface area contributed by atoms with Crippen LogP contribution in [0.5, 0.6) is 0 Å². The predicted molar refractivity (Wildman–Crippen MR) is 104 cm³/mol. The third-order valence-electron chi connectivity index (χ3n) is 5.76. The molecular formula is C22H27N3O2. The van der Waals surface area contributed by atoms with Crippen molar-refractivity contribution in [3.05, 3.63) is 59.4 Å². The lowest BCUT2D eigenvalue weighted by Crippen LogP contribution is -2.50. The molecule has 142 valence electrons. The van der Waals surface area contributed by atoms with Gasteiger partial charge in [0.05, 0.1) is 5.69 Å². The molecule has 0 radical (unpaired) electrons. The van der Waals surface area contributed by atoms with Crippen LogP contribution in [-0.2, 0) is 22.7 Å². The van der Waals surface area contributed by atoms with Crippen LogP contribution in [0.1, 0.15) is 55.0 Å². The van der Waals surface area contributed by atoms with E-state index in [1.165, 1.54) is 12.0 Å². The lowest BCUT2D eigenvalue weighted by Gasteiger charge is -2.37. The Kier molecular flexibility index (Phi) is 5.01. The van der Waals surface area contributed by atoms with E-state index in [4.69, 9.17) is 0 Å². The largest absolute Gasteiger partial charge is 0.351 e. The third-order valence-corrected chi connectivity index (χ3v) is 5.76. The number of rotatable bonds is 4. The van der Waals surface area contributed by atoms with E-state index in [0.29, 0.717) is 13.1 Å². The van der Waals surface area contributed by atoms with E-state index in [1.807, 2.05) is 54.1 Å². The van der Waals surface area contributed by atoms with Crippen molar-refractivity contribution in [3.63, 3.8) is 0 Å². The number of aromatic nitrogens is 1. The monoisotopic (exact) mass is 365 g/mol. The standard InChI is InChI=1S/C22H27N3O2/c1-16-9-11-17(12-10-16)14-25-20(26)15-24-13-5-8-19(24)21(25)22(27)23-18-6-3-2-4-7-18/h5,8-13,18,21H,2-4,6-7,14-15H2,1H3,(H,23,27)/t21-/m1/s1. The Morgan fingerprint density at radius 1 is 1.11 bits per heavy atom. The van der Waals surface area contributed by atoms with E-state index < -0.39 is 6.04 Å². The molecule has 2 amide bonds. The zero-order valence-corrected chi connectivity index (χ0v) is 15.9. The number of hydrogen-bond donors (Lipinski definition) is 1. The predicted octanol–water partition coefficient (Wildman–Crippen LogP) is 3.33. The first-order valence-electron chi connectivity index (χ1n) is 9.92. The fourth-order valence-electron chi connectivity index (χ4n) is 4.23. The molecule has 4 rings (SSSR count). The summed E-state index contributed by atoms with van der Waals surface area (Å²) in [4.78, 5) is 27.8. The topological polar surface area (TPSA) is 54.3 Å². The van der Waals surface area contributed by atoms with E-state index in [2.05, 4.69) is 5.32 Å². The molecule has 1 fully saturated rings. The summed E-state index contributed by atoms with van der Waals surface area (Å²) < 4.78 is 1.90. The van der Waals surface area contributed by atoms with Gasteiger partial charge >= 0.3 is 0 Å². The quantitative estimate of drug-likeness (QED) is 0.904. The Labute approximate surface area is 160 Å². The lowest BCUT2D eigenvalue weighted by molar-refractivity contribution is -0.144. The van der Waals surface area contributed by atoms with Crippen molar-refractivity contribution in [1.82, 2.24) is 14.8 Å². The van der Waals surface area contributed by atoms with Gasteiger partial charge in [-0.25, -0.2) is 0 Å². The minimum absolute atomic E-state index is 0.0110. The fourth-order valence-corrected chi connectivity index (χ4v) is 4.23. The Hall–Kier alpha value is -2.56. The fraction of sp³-hybridized carbons (Fsp3) is 0.455. The zero-order valence-electron chi connectivity index (χ0n) is 15.9. The molecule has 1 aromatic heterocycles. The summed E-state index contributed by atoms with van der Waals surface area (Å²) in [6.07, 6.45) is 7.53. The molecular weight excluding hydrogens is 338 g/mol. The molecule has 1 N–H and O–H groups in total. The normalized spacial score (nSPS) is 20.4. The first-order chi connectivity index (χ1) is 13.1. The number of amides is 2. The van der Waals surface area contributed by atoms with Crippen molar-refractivity contribution in [3.8, 4) is 0 Å². The lowest BCUT2D eigenvalue weighted by atomic mass is 9.95. The maximum atomic E-state index is 13.2. The molecule has 5 heteroatoms. The Balaban J connectivity index is 1.59. The van der Waals surface area contributed by atoms with Crippen molar-refractivity contribution in [2.24, 2.45) is 0 Å². The molecule has 1 aromatic carbocycles. The summed E-state index contributed by atoms with van der Waals surface area (Å²) in [7, 11) is 0. The molecule has 1 aliphatic heterocycles. The van der Waals surface area contributed by atoms with Gasteiger partial charge in [0.2, 0.25) is 11.8 Å². The van der Waals surface area contributed by atoms with Crippen molar-refractivity contribution in [1.29, 1.82) is 0 Å². The van der Waals surface area contributed by atoms with Gasteiger partial charge in [0.1, 0.15) is 6.54 Å². The van der Waals surface area contributed by atoms with Gasteiger partial charge < -0.3 is 14.8 Å². The number of hydrogen-bond acceptors (Lipinski definition) is 2. The average Bonchev–Trinajstić information content (AvgIpc) is 3.12. The van der Waals surface area contributed by atoms with Crippen LogP contribution in [-0.4, -0.2) is 27.3 Å². The Morgan fingerprint density at radius 2 is 1.85 bits per heavy atom. The molecule has 2 aromatic rings. The van der Waals surface area contributed by atoms with Gasteiger partial charge in [-0.1, -0.05) is 49.1 Å². The minimum Gasteiger partial charge on any atom is -0.351 e. The summed E-state index contributed by atoms with van der Waals surface area (Å²) in [5, 5.41) is 3.22. The molecule has 2 heterocycles. The number of carbonyl (C=O) groups excluding carboxylic acids is 2. The highest BCUT2D eigenvalue weighted by Gasteiger charge is 2.38. The maximum Gasteiger partial charge on any atom is 0.249 e. The second-order valence-electron chi connectivity index (χ2n) is 7.81. The third kappa shape index (κ3) is 3.77. The van der Waals surface area contributed by atoms with E-state index in [9.17, 15) is 9.59 Å². The molecule has 0 unspecified atom stereocenters. The molecule has 0 bridgehead atoms. The first-order valence-corrected chi connectivity index (χ1v) is 9.92. The molecule has 1 atom stereocenters. The molecule has 1 aliphatic carbocycles. The number of carbonyl (C=O) groups is 2. The van der Waals surface area contributed by atoms with Gasteiger partial charge in [0.25, 0.3) is 0 Å². The summed E-state index contributed by atoms with van der Waals surface area (Å²) in [6, 6.07) is 11.7. The highest BCUT2D eigenvalue weighted by molar-refractivity contribution is 5.90. The molecule has 5 nitrogen and oxygen atoms in total. The van der Waals surface area contributed by atoms with Crippen LogP contribution in [0.15, 0.2) is 42.6 Å².